The number of rotatable bonds is 6. The van der Waals surface area contributed by atoms with Gasteiger partial charge < -0.3 is 21.1 Å². The highest BCUT2D eigenvalue weighted by Gasteiger charge is 2.22. The van der Waals surface area contributed by atoms with Gasteiger partial charge in [-0.25, -0.2) is 4.98 Å². The molecule has 0 bridgehead atoms. The minimum absolute atomic E-state index is 0.130. The molecule has 1 aromatic rings. The van der Waals surface area contributed by atoms with Crippen LogP contribution < -0.4 is 16.4 Å². The van der Waals surface area contributed by atoms with Gasteiger partial charge in [-0.05, 0) is 41.5 Å². The molecule has 0 aromatic carbocycles. The van der Waals surface area contributed by atoms with Crippen LogP contribution in [0.4, 0.5) is 10.9 Å². The van der Waals surface area contributed by atoms with E-state index in [1.807, 2.05) is 41.5 Å². The van der Waals surface area contributed by atoms with Crippen molar-refractivity contribution in [2.75, 3.05) is 24.2 Å². The van der Waals surface area contributed by atoms with E-state index in [-0.39, 0.29) is 17.3 Å². The molecule has 21 heavy (non-hydrogen) atoms. The van der Waals surface area contributed by atoms with E-state index in [1.165, 1.54) is 11.3 Å². The van der Waals surface area contributed by atoms with Crippen LogP contribution in [0.5, 0.6) is 0 Å². The Kier molecular flexibility index (Phi) is 5.58. The Hall–Kier alpha value is -1.34. The van der Waals surface area contributed by atoms with Crippen LogP contribution in [0, 0.1) is 0 Å². The minimum Gasteiger partial charge on any atom is -0.382 e. The summed E-state index contributed by atoms with van der Waals surface area (Å²) in [6.45, 7) is 12.9. The molecule has 0 aliphatic heterocycles. The molecule has 4 N–H and O–H groups in total. The quantitative estimate of drug-likeness (QED) is 0.750. The Morgan fingerprint density at radius 1 is 1.33 bits per heavy atom. The highest BCUT2D eigenvalue weighted by molar-refractivity contribution is 7.18. The number of nitrogens with one attached hydrogen (secondary N) is 2. The summed E-state index contributed by atoms with van der Waals surface area (Å²) >= 11 is 1.26. The van der Waals surface area contributed by atoms with E-state index >= 15 is 0 Å². The van der Waals surface area contributed by atoms with Gasteiger partial charge in [0.2, 0.25) is 0 Å². The maximum absolute atomic E-state index is 12.2. The van der Waals surface area contributed by atoms with Crippen LogP contribution in [0.3, 0.4) is 0 Å². The lowest BCUT2D eigenvalue weighted by Crippen LogP contribution is -2.40. The topological polar surface area (TPSA) is 89.3 Å². The maximum Gasteiger partial charge on any atom is 0.265 e. The predicted octanol–water partition coefficient (Wildman–Crippen LogP) is 2.48. The smallest absolute Gasteiger partial charge is 0.265 e. The maximum atomic E-state index is 12.2. The first kappa shape index (κ1) is 17.7. The van der Waals surface area contributed by atoms with Crippen molar-refractivity contribution in [1.29, 1.82) is 0 Å². The van der Waals surface area contributed by atoms with Gasteiger partial charge in [0.25, 0.3) is 5.91 Å². The number of nitrogens with two attached hydrogens (primary N) is 1. The van der Waals surface area contributed by atoms with Crippen molar-refractivity contribution in [2.45, 2.75) is 52.7 Å². The number of anilines is 2. The Balaban J connectivity index is 2.71. The van der Waals surface area contributed by atoms with Crippen molar-refractivity contribution >= 4 is 28.2 Å². The molecule has 0 atom stereocenters. The van der Waals surface area contributed by atoms with Crippen molar-refractivity contribution in [1.82, 2.24) is 10.3 Å². The van der Waals surface area contributed by atoms with Gasteiger partial charge in [0.05, 0.1) is 5.60 Å². The molecule has 0 unspecified atom stereocenters. The second-order valence-corrected chi connectivity index (χ2v) is 7.48. The molecule has 0 spiro atoms. The fraction of sp³-hybridized carbons (Fsp3) is 0.714. The zero-order valence-corrected chi connectivity index (χ0v) is 14.5. The van der Waals surface area contributed by atoms with E-state index in [0.717, 1.165) is 0 Å². The number of aromatic nitrogens is 1. The molecule has 0 fully saturated rings. The molecular formula is C14H26N4O2S. The van der Waals surface area contributed by atoms with Gasteiger partial charge >= 0.3 is 0 Å². The van der Waals surface area contributed by atoms with E-state index in [0.29, 0.717) is 23.2 Å². The Labute approximate surface area is 130 Å². The van der Waals surface area contributed by atoms with Crippen molar-refractivity contribution in [3.63, 3.8) is 0 Å². The molecule has 1 heterocycles. The molecule has 1 aromatic heterocycles. The van der Waals surface area contributed by atoms with Crippen molar-refractivity contribution in [3.8, 4) is 0 Å². The highest BCUT2D eigenvalue weighted by Crippen LogP contribution is 2.27. The van der Waals surface area contributed by atoms with Crippen molar-refractivity contribution in [3.05, 3.63) is 4.88 Å². The zero-order valence-electron chi connectivity index (χ0n) is 13.7. The first-order valence-electron chi connectivity index (χ1n) is 7.01. The van der Waals surface area contributed by atoms with Crippen LogP contribution >= 0.6 is 11.3 Å². The summed E-state index contributed by atoms with van der Waals surface area (Å²) < 4.78 is 5.55. The van der Waals surface area contributed by atoms with E-state index in [2.05, 4.69) is 15.6 Å². The monoisotopic (exact) mass is 314 g/mol. The number of nitrogen functional groups attached to an aromatic ring is 1. The first-order valence-corrected chi connectivity index (χ1v) is 7.82. The number of hydrogen-bond donors (Lipinski definition) is 3. The molecule has 6 nitrogen and oxygen atoms in total. The van der Waals surface area contributed by atoms with Crippen LogP contribution in [0.25, 0.3) is 0 Å². The molecule has 0 saturated carbocycles. The summed E-state index contributed by atoms with van der Waals surface area (Å²) in [7, 11) is 0. The molecule has 1 amide bonds. The molecule has 7 heteroatoms. The minimum atomic E-state index is -0.406. The van der Waals surface area contributed by atoms with Crippen molar-refractivity contribution in [2.24, 2.45) is 0 Å². The van der Waals surface area contributed by atoms with Gasteiger partial charge in [-0.1, -0.05) is 11.3 Å². The summed E-state index contributed by atoms with van der Waals surface area (Å²) in [6, 6.07) is 0. The van der Waals surface area contributed by atoms with E-state index in [4.69, 9.17) is 10.5 Å². The lowest BCUT2D eigenvalue weighted by atomic mass is 10.1. The molecule has 0 saturated heterocycles. The van der Waals surface area contributed by atoms with Gasteiger partial charge in [-0.2, -0.15) is 0 Å². The predicted molar refractivity (Wildman–Crippen MR) is 87.9 cm³/mol. The number of thiazole rings is 1. The third kappa shape index (κ3) is 5.89. The van der Waals surface area contributed by atoms with Gasteiger partial charge in [0.15, 0.2) is 5.13 Å². The van der Waals surface area contributed by atoms with Crippen LogP contribution in [-0.2, 0) is 4.74 Å². The van der Waals surface area contributed by atoms with E-state index in [1.54, 1.807) is 0 Å². The lowest BCUT2D eigenvalue weighted by Gasteiger charge is -2.24. The summed E-state index contributed by atoms with van der Waals surface area (Å²) in [5.41, 5.74) is 5.29. The highest BCUT2D eigenvalue weighted by atomic mass is 32.1. The van der Waals surface area contributed by atoms with Gasteiger partial charge in [-0.3, -0.25) is 4.79 Å². The summed E-state index contributed by atoms with van der Waals surface area (Å²) in [5.74, 6) is 0.0261. The number of hydrogen-bond acceptors (Lipinski definition) is 6. The lowest BCUT2D eigenvalue weighted by molar-refractivity contribution is -0.00812. The summed E-state index contributed by atoms with van der Waals surface area (Å²) in [5, 5.41) is 6.70. The average molecular weight is 314 g/mol. The van der Waals surface area contributed by atoms with Crippen LogP contribution in [0.1, 0.15) is 51.2 Å². The Morgan fingerprint density at radius 3 is 2.48 bits per heavy atom. The van der Waals surface area contributed by atoms with Crippen LogP contribution in [0.2, 0.25) is 0 Å². The van der Waals surface area contributed by atoms with E-state index < -0.39 is 5.60 Å². The van der Waals surface area contributed by atoms with E-state index in [9.17, 15) is 4.79 Å². The van der Waals surface area contributed by atoms with Gasteiger partial charge in [-0.15, -0.1) is 0 Å². The van der Waals surface area contributed by atoms with Crippen LogP contribution in [-0.4, -0.2) is 35.2 Å². The third-order valence-electron chi connectivity index (χ3n) is 2.55. The summed E-state index contributed by atoms with van der Waals surface area (Å²) in [4.78, 5) is 16.8. The van der Waals surface area contributed by atoms with Gasteiger partial charge in [0, 0.05) is 18.7 Å². The van der Waals surface area contributed by atoms with Crippen LogP contribution in [0.15, 0.2) is 0 Å². The number of amides is 1. The Bertz CT molecular complexity index is 492. The largest absolute Gasteiger partial charge is 0.382 e. The Morgan fingerprint density at radius 2 is 1.95 bits per heavy atom. The molecular weight excluding hydrogens is 288 g/mol. The number of carbonyl (C=O) groups is 1. The number of nitrogens with zero attached hydrogens (tertiary/aromatic N) is 1. The standard InChI is InChI=1S/C14H26N4O2S/c1-7-20-14(5,6)8-16-11(19)9-10(15)17-12(21-9)18-13(2,3)4/h7-8,15H2,1-6H3,(H,16,19)(H,17,18). The SMILES string of the molecule is CCOC(C)(C)CNC(=O)c1sc(NC(C)(C)C)nc1N. The van der Waals surface area contributed by atoms with Gasteiger partial charge in [0.1, 0.15) is 10.7 Å². The normalized spacial score (nSPS) is 12.3. The molecule has 0 radical (unpaired) electrons. The first-order chi connectivity index (χ1) is 9.54. The zero-order chi connectivity index (χ0) is 16.3. The molecule has 0 aliphatic carbocycles. The second kappa shape index (κ2) is 6.62. The summed E-state index contributed by atoms with van der Waals surface area (Å²) in [6.07, 6.45) is 0. The average Bonchev–Trinajstić information content (AvgIpc) is 2.64. The molecule has 0 aliphatic rings. The number of ether oxygens (including phenoxy) is 1. The second-order valence-electron chi connectivity index (χ2n) is 6.48. The third-order valence-corrected chi connectivity index (χ3v) is 3.54. The fourth-order valence-corrected chi connectivity index (χ4v) is 2.69. The van der Waals surface area contributed by atoms with Crippen molar-refractivity contribution < 1.29 is 9.53 Å². The molecule has 1 rings (SSSR count). The fourth-order valence-electron chi connectivity index (χ4n) is 1.68. The number of carbonyl (C=O) groups excluding carboxylic acids is 1. The molecule has 120 valence electrons.